The van der Waals surface area contributed by atoms with Gasteiger partial charge in [-0.25, -0.2) is 4.98 Å². The van der Waals surface area contributed by atoms with Crippen molar-refractivity contribution in [3.63, 3.8) is 0 Å². The fourth-order valence-electron chi connectivity index (χ4n) is 2.40. The van der Waals surface area contributed by atoms with Gasteiger partial charge in [0.2, 0.25) is 5.91 Å². The highest BCUT2D eigenvalue weighted by atomic mass is 32.2. The number of hydrogen-bond acceptors (Lipinski definition) is 4. The third-order valence-corrected chi connectivity index (χ3v) is 5.26. The molecule has 5 heteroatoms. The minimum absolute atomic E-state index is 0.0206. The van der Waals surface area contributed by atoms with Gasteiger partial charge in [0.1, 0.15) is 11.1 Å². The topological polar surface area (TPSA) is 57.0 Å². The fraction of sp³-hybridized carbons (Fsp3) is 0.316. The summed E-state index contributed by atoms with van der Waals surface area (Å²) in [6.45, 7) is 7.66. The van der Waals surface area contributed by atoms with Gasteiger partial charge in [-0.2, -0.15) is 5.26 Å². The Morgan fingerprint density at radius 1 is 1.21 bits per heavy atom. The van der Waals surface area contributed by atoms with Crippen LogP contribution in [0.5, 0.6) is 0 Å². The van der Waals surface area contributed by atoms with E-state index in [1.807, 2.05) is 58.0 Å². The molecule has 1 atom stereocenters. The molecule has 0 saturated carbocycles. The molecule has 1 amide bonds. The van der Waals surface area contributed by atoms with Crippen LogP contribution in [0.4, 0.5) is 5.69 Å². The second-order valence-electron chi connectivity index (χ2n) is 5.73. The first-order valence-corrected chi connectivity index (χ1v) is 8.62. The lowest BCUT2D eigenvalue weighted by atomic mass is 10.1. The van der Waals surface area contributed by atoms with Crippen molar-refractivity contribution in [3.8, 4) is 6.07 Å². The smallest absolute Gasteiger partial charge is 0.239 e. The minimum Gasteiger partial charge on any atom is -0.315 e. The lowest BCUT2D eigenvalue weighted by Gasteiger charge is -2.21. The standard InChI is InChI=1S/C19H21N3OS/c1-12-13(2)17(11-20)18(21-14(12)3)24-15(4)19(23)22(5)16-9-7-6-8-10-16/h6-10,15H,1-5H3/t15-/m1/s1. The van der Waals surface area contributed by atoms with E-state index in [-0.39, 0.29) is 11.2 Å². The largest absolute Gasteiger partial charge is 0.315 e. The molecule has 1 heterocycles. The molecular weight excluding hydrogens is 318 g/mol. The molecule has 124 valence electrons. The number of para-hydroxylation sites is 1. The number of amides is 1. The SMILES string of the molecule is Cc1nc(S[C@H](C)C(=O)N(C)c2ccccc2)c(C#N)c(C)c1C. The Bertz CT molecular complexity index is 796. The van der Waals surface area contributed by atoms with E-state index in [9.17, 15) is 10.1 Å². The maximum absolute atomic E-state index is 12.7. The fourth-order valence-corrected chi connectivity index (χ4v) is 3.50. The van der Waals surface area contributed by atoms with Crippen LogP contribution in [0.3, 0.4) is 0 Å². The highest BCUT2D eigenvalue weighted by Gasteiger charge is 2.23. The predicted octanol–water partition coefficient (Wildman–Crippen LogP) is 4.02. The van der Waals surface area contributed by atoms with Crippen molar-refractivity contribution < 1.29 is 4.79 Å². The molecule has 0 fully saturated rings. The van der Waals surface area contributed by atoms with E-state index in [1.165, 1.54) is 11.8 Å². The van der Waals surface area contributed by atoms with Crippen molar-refractivity contribution in [2.45, 2.75) is 38.0 Å². The Morgan fingerprint density at radius 3 is 2.42 bits per heavy atom. The molecule has 2 rings (SSSR count). The van der Waals surface area contributed by atoms with Crippen LogP contribution in [0.15, 0.2) is 35.4 Å². The molecule has 0 spiro atoms. The third-order valence-electron chi connectivity index (χ3n) is 4.19. The van der Waals surface area contributed by atoms with Crippen LogP contribution in [0.25, 0.3) is 0 Å². The second-order valence-corrected chi connectivity index (χ2v) is 7.06. The number of nitrogens with zero attached hydrogens (tertiary/aromatic N) is 3. The van der Waals surface area contributed by atoms with E-state index in [0.29, 0.717) is 10.6 Å². The number of thioether (sulfide) groups is 1. The predicted molar refractivity (Wildman–Crippen MR) is 98.3 cm³/mol. The Kier molecular flexibility index (Phi) is 5.63. The molecule has 0 unspecified atom stereocenters. The average molecular weight is 339 g/mol. The molecule has 0 radical (unpaired) electrons. The molecule has 0 aliphatic rings. The van der Waals surface area contributed by atoms with E-state index >= 15 is 0 Å². The van der Waals surface area contributed by atoms with Crippen molar-refractivity contribution >= 4 is 23.4 Å². The summed E-state index contributed by atoms with van der Waals surface area (Å²) in [6, 6.07) is 11.7. The van der Waals surface area contributed by atoms with Gasteiger partial charge in [-0.15, -0.1) is 0 Å². The van der Waals surface area contributed by atoms with Crippen molar-refractivity contribution in [1.82, 2.24) is 4.98 Å². The second kappa shape index (κ2) is 7.50. The van der Waals surface area contributed by atoms with Gasteiger partial charge in [0, 0.05) is 18.4 Å². The molecule has 4 nitrogen and oxygen atoms in total. The van der Waals surface area contributed by atoms with Crippen molar-refractivity contribution in [2.75, 3.05) is 11.9 Å². The zero-order valence-corrected chi connectivity index (χ0v) is 15.4. The van der Waals surface area contributed by atoms with E-state index in [2.05, 4.69) is 11.1 Å². The molecule has 0 N–H and O–H groups in total. The Hall–Kier alpha value is -2.32. The quantitative estimate of drug-likeness (QED) is 0.789. The maximum Gasteiger partial charge on any atom is 0.239 e. The van der Waals surface area contributed by atoms with Crippen LogP contribution >= 0.6 is 11.8 Å². The van der Waals surface area contributed by atoms with Crippen LogP contribution in [0, 0.1) is 32.1 Å². The van der Waals surface area contributed by atoms with Crippen LogP contribution < -0.4 is 4.90 Å². The normalized spacial score (nSPS) is 11.7. The number of pyridine rings is 1. The van der Waals surface area contributed by atoms with Gasteiger partial charge in [-0.3, -0.25) is 4.79 Å². The number of anilines is 1. The third kappa shape index (κ3) is 3.60. The molecular formula is C19H21N3OS. The number of carbonyl (C=O) groups is 1. The highest BCUT2D eigenvalue weighted by molar-refractivity contribution is 8.00. The summed E-state index contributed by atoms with van der Waals surface area (Å²) in [5, 5.41) is 9.74. The van der Waals surface area contributed by atoms with Gasteiger partial charge in [-0.1, -0.05) is 30.0 Å². The van der Waals surface area contributed by atoms with Crippen LogP contribution in [0.1, 0.15) is 29.3 Å². The minimum atomic E-state index is -0.337. The van der Waals surface area contributed by atoms with E-state index in [1.54, 1.807) is 11.9 Å². The highest BCUT2D eigenvalue weighted by Crippen LogP contribution is 2.30. The number of nitriles is 1. The lowest BCUT2D eigenvalue weighted by molar-refractivity contribution is -0.117. The van der Waals surface area contributed by atoms with E-state index in [0.717, 1.165) is 22.5 Å². The number of benzene rings is 1. The Balaban J connectivity index is 2.25. The van der Waals surface area contributed by atoms with Gasteiger partial charge in [0.25, 0.3) is 0 Å². The Morgan fingerprint density at radius 2 is 1.83 bits per heavy atom. The average Bonchev–Trinajstić information content (AvgIpc) is 2.59. The van der Waals surface area contributed by atoms with Crippen molar-refractivity contribution in [1.29, 1.82) is 5.26 Å². The molecule has 24 heavy (non-hydrogen) atoms. The van der Waals surface area contributed by atoms with Gasteiger partial charge in [0.15, 0.2) is 0 Å². The molecule has 2 aromatic rings. The van der Waals surface area contributed by atoms with Gasteiger partial charge in [0.05, 0.1) is 10.8 Å². The van der Waals surface area contributed by atoms with Crippen molar-refractivity contribution in [2.24, 2.45) is 0 Å². The number of rotatable bonds is 4. The monoisotopic (exact) mass is 339 g/mol. The first-order chi connectivity index (χ1) is 11.4. The summed E-state index contributed by atoms with van der Waals surface area (Å²) in [6.07, 6.45) is 0. The molecule has 1 aromatic heterocycles. The van der Waals surface area contributed by atoms with Gasteiger partial charge < -0.3 is 4.90 Å². The summed E-state index contributed by atoms with van der Waals surface area (Å²) in [4.78, 5) is 18.8. The van der Waals surface area contributed by atoms with Gasteiger partial charge in [-0.05, 0) is 51.0 Å². The van der Waals surface area contributed by atoms with E-state index < -0.39 is 0 Å². The number of aromatic nitrogens is 1. The maximum atomic E-state index is 12.7. The molecule has 0 bridgehead atoms. The summed E-state index contributed by atoms with van der Waals surface area (Å²) in [7, 11) is 1.76. The van der Waals surface area contributed by atoms with Crippen molar-refractivity contribution in [3.05, 3.63) is 52.7 Å². The Labute approximate surface area is 147 Å². The summed E-state index contributed by atoms with van der Waals surface area (Å²) < 4.78 is 0. The van der Waals surface area contributed by atoms with Gasteiger partial charge >= 0.3 is 0 Å². The first-order valence-electron chi connectivity index (χ1n) is 7.74. The zero-order chi connectivity index (χ0) is 17.9. The molecule has 1 aromatic carbocycles. The first kappa shape index (κ1) is 18.0. The molecule has 0 saturated heterocycles. The van der Waals surface area contributed by atoms with Crippen LogP contribution in [0.2, 0.25) is 0 Å². The number of aryl methyl sites for hydroxylation is 1. The summed E-state index contributed by atoms with van der Waals surface area (Å²) in [5.74, 6) is -0.0206. The van der Waals surface area contributed by atoms with Crippen LogP contribution in [-0.2, 0) is 4.79 Å². The summed E-state index contributed by atoms with van der Waals surface area (Å²) >= 11 is 1.34. The zero-order valence-electron chi connectivity index (χ0n) is 14.6. The number of hydrogen-bond donors (Lipinski definition) is 0. The number of carbonyl (C=O) groups excluding carboxylic acids is 1. The molecule has 0 aliphatic heterocycles. The molecule has 0 aliphatic carbocycles. The lowest BCUT2D eigenvalue weighted by Crippen LogP contribution is -2.33. The summed E-state index contributed by atoms with van der Waals surface area (Å²) in [5.41, 5.74) is 4.26. The van der Waals surface area contributed by atoms with Crippen LogP contribution in [-0.4, -0.2) is 23.2 Å². The van der Waals surface area contributed by atoms with E-state index in [4.69, 9.17) is 0 Å².